The van der Waals surface area contributed by atoms with E-state index >= 15 is 0 Å². The van der Waals surface area contributed by atoms with Crippen molar-refractivity contribution in [3.05, 3.63) is 42.5 Å². The fourth-order valence-electron chi connectivity index (χ4n) is 4.26. The van der Waals surface area contributed by atoms with Crippen LogP contribution in [-0.2, 0) is 6.42 Å². The van der Waals surface area contributed by atoms with Crippen LogP contribution in [0.4, 0.5) is 5.69 Å². The van der Waals surface area contributed by atoms with Crippen molar-refractivity contribution in [1.82, 2.24) is 14.5 Å². The van der Waals surface area contributed by atoms with Crippen LogP contribution in [0.2, 0.25) is 0 Å². The maximum Gasteiger partial charge on any atom is 0.0991 e. The zero-order valence-corrected chi connectivity index (χ0v) is 14.2. The van der Waals surface area contributed by atoms with Gasteiger partial charge in [-0.05, 0) is 50.4 Å². The summed E-state index contributed by atoms with van der Waals surface area (Å²) in [4.78, 5) is 9.44. The Labute approximate surface area is 138 Å². The van der Waals surface area contributed by atoms with E-state index in [4.69, 9.17) is 0 Å². The van der Waals surface area contributed by atoms with Gasteiger partial charge in [0.1, 0.15) is 0 Å². The summed E-state index contributed by atoms with van der Waals surface area (Å²) < 4.78 is 2.10. The highest BCUT2D eigenvalue weighted by atomic mass is 15.2. The van der Waals surface area contributed by atoms with Gasteiger partial charge in [0.05, 0.1) is 6.33 Å². The number of nitrogens with zero attached hydrogens (tertiary/aromatic N) is 4. The number of anilines is 1. The number of rotatable bonds is 3. The van der Waals surface area contributed by atoms with Gasteiger partial charge in [-0.1, -0.05) is 13.0 Å². The number of hydrogen-bond donors (Lipinski definition) is 0. The second kappa shape index (κ2) is 6.00. The van der Waals surface area contributed by atoms with Crippen molar-refractivity contribution < 1.29 is 0 Å². The lowest BCUT2D eigenvalue weighted by molar-refractivity contribution is 0.216. The molecule has 2 aromatic rings. The average molecular weight is 310 g/mol. The minimum absolute atomic E-state index is 0.612. The number of piperidine rings is 1. The van der Waals surface area contributed by atoms with Crippen molar-refractivity contribution in [1.29, 1.82) is 0 Å². The summed E-state index contributed by atoms with van der Waals surface area (Å²) in [5.41, 5.74) is 4.16. The number of fused-ring (bicyclic) bond motifs is 1. The van der Waals surface area contributed by atoms with E-state index in [1.54, 1.807) is 0 Å². The van der Waals surface area contributed by atoms with Crippen LogP contribution < -0.4 is 4.90 Å². The number of likely N-dealkylation sites (tertiary alicyclic amines) is 1. The highest BCUT2D eigenvalue weighted by molar-refractivity contribution is 5.64. The maximum absolute atomic E-state index is 4.18. The zero-order chi connectivity index (χ0) is 15.8. The molecule has 0 N–H and O–H groups in total. The van der Waals surface area contributed by atoms with Gasteiger partial charge in [-0.2, -0.15) is 0 Å². The van der Waals surface area contributed by atoms with Crippen molar-refractivity contribution in [3.8, 4) is 5.69 Å². The SMILES string of the molecule is CCN1CCC(N2c3cc(-n4ccnc4)ccc3CC2C)CC1. The van der Waals surface area contributed by atoms with E-state index in [9.17, 15) is 0 Å². The van der Waals surface area contributed by atoms with Gasteiger partial charge in [-0.25, -0.2) is 4.98 Å². The predicted octanol–water partition coefficient (Wildman–Crippen LogP) is 3.11. The Hall–Kier alpha value is -1.81. The van der Waals surface area contributed by atoms with Gasteiger partial charge in [0.25, 0.3) is 0 Å². The first-order chi connectivity index (χ1) is 11.3. The summed E-state index contributed by atoms with van der Waals surface area (Å²) >= 11 is 0. The molecule has 122 valence electrons. The zero-order valence-electron chi connectivity index (χ0n) is 14.2. The predicted molar refractivity (Wildman–Crippen MR) is 94.3 cm³/mol. The Balaban J connectivity index is 1.62. The third kappa shape index (κ3) is 2.65. The lowest BCUT2D eigenvalue weighted by Gasteiger charge is -2.40. The van der Waals surface area contributed by atoms with Crippen molar-refractivity contribution in [2.45, 2.75) is 45.2 Å². The molecule has 2 aliphatic rings. The summed E-state index contributed by atoms with van der Waals surface area (Å²) in [6.45, 7) is 8.31. The fraction of sp³-hybridized carbons (Fsp3) is 0.526. The third-order valence-corrected chi connectivity index (χ3v) is 5.54. The normalized spacial score (nSPS) is 22.5. The lowest BCUT2D eigenvalue weighted by atomic mass is 10.0. The highest BCUT2D eigenvalue weighted by Crippen LogP contribution is 2.37. The lowest BCUT2D eigenvalue weighted by Crippen LogP contribution is -2.47. The van der Waals surface area contributed by atoms with Crippen LogP contribution in [0.15, 0.2) is 36.9 Å². The molecular weight excluding hydrogens is 284 g/mol. The molecule has 0 radical (unpaired) electrons. The first kappa shape index (κ1) is 14.8. The Kier molecular flexibility index (Phi) is 3.85. The second-order valence-corrected chi connectivity index (χ2v) is 6.91. The monoisotopic (exact) mass is 310 g/mol. The van der Waals surface area contributed by atoms with Gasteiger partial charge >= 0.3 is 0 Å². The topological polar surface area (TPSA) is 24.3 Å². The van der Waals surface area contributed by atoms with Crippen LogP contribution in [0.3, 0.4) is 0 Å². The van der Waals surface area contributed by atoms with E-state index in [1.165, 1.54) is 55.8 Å². The Bertz CT molecular complexity index is 656. The molecule has 3 heterocycles. The van der Waals surface area contributed by atoms with Crippen molar-refractivity contribution in [2.75, 3.05) is 24.5 Å². The number of benzene rings is 1. The van der Waals surface area contributed by atoms with Gasteiger partial charge in [-0.15, -0.1) is 0 Å². The summed E-state index contributed by atoms with van der Waals surface area (Å²) in [6.07, 6.45) is 9.48. The van der Waals surface area contributed by atoms with Crippen LogP contribution in [0.25, 0.3) is 5.69 Å². The quantitative estimate of drug-likeness (QED) is 0.870. The van der Waals surface area contributed by atoms with Crippen molar-refractivity contribution >= 4 is 5.69 Å². The molecule has 23 heavy (non-hydrogen) atoms. The summed E-state index contributed by atoms with van der Waals surface area (Å²) in [7, 11) is 0. The van der Waals surface area contributed by atoms with Crippen molar-refractivity contribution in [3.63, 3.8) is 0 Å². The molecule has 4 rings (SSSR count). The Morgan fingerprint density at radius 3 is 2.74 bits per heavy atom. The molecule has 0 spiro atoms. The third-order valence-electron chi connectivity index (χ3n) is 5.54. The molecule has 1 aromatic carbocycles. The van der Waals surface area contributed by atoms with E-state index in [1.807, 2.05) is 18.7 Å². The van der Waals surface area contributed by atoms with E-state index in [0.717, 1.165) is 0 Å². The van der Waals surface area contributed by atoms with Gasteiger partial charge < -0.3 is 14.4 Å². The smallest absolute Gasteiger partial charge is 0.0991 e. The largest absolute Gasteiger partial charge is 0.365 e. The second-order valence-electron chi connectivity index (χ2n) is 6.91. The van der Waals surface area contributed by atoms with E-state index < -0.39 is 0 Å². The molecule has 1 saturated heterocycles. The molecule has 0 aliphatic carbocycles. The van der Waals surface area contributed by atoms with Gasteiger partial charge in [0, 0.05) is 48.9 Å². The maximum atomic E-state index is 4.18. The minimum atomic E-state index is 0.612. The molecule has 0 bridgehead atoms. The van der Waals surface area contributed by atoms with Crippen LogP contribution in [-0.4, -0.2) is 46.2 Å². The molecule has 0 amide bonds. The van der Waals surface area contributed by atoms with Gasteiger partial charge in [0.2, 0.25) is 0 Å². The molecule has 4 nitrogen and oxygen atoms in total. The highest BCUT2D eigenvalue weighted by Gasteiger charge is 2.33. The van der Waals surface area contributed by atoms with E-state index in [-0.39, 0.29) is 0 Å². The molecule has 1 unspecified atom stereocenters. The Morgan fingerprint density at radius 2 is 2.04 bits per heavy atom. The molecule has 1 fully saturated rings. The fourth-order valence-corrected chi connectivity index (χ4v) is 4.26. The van der Waals surface area contributed by atoms with Crippen LogP contribution >= 0.6 is 0 Å². The van der Waals surface area contributed by atoms with Gasteiger partial charge in [0.15, 0.2) is 0 Å². The minimum Gasteiger partial charge on any atom is -0.365 e. The standard InChI is InChI=1S/C19H26N4/c1-3-21-9-6-17(7-10-21)23-15(2)12-16-4-5-18(13-19(16)23)22-11-8-20-14-22/h4-5,8,11,13-15,17H,3,6-7,9-10,12H2,1-2H3. The van der Waals surface area contributed by atoms with E-state index in [0.29, 0.717) is 12.1 Å². The number of imidazole rings is 1. The molecular formula is C19H26N4. The molecule has 1 atom stereocenters. The van der Waals surface area contributed by atoms with Crippen molar-refractivity contribution in [2.24, 2.45) is 0 Å². The molecule has 0 saturated carbocycles. The Morgan fingerprint density at radius 1 is 1.22 bits per heavy atom. The van der Waals surface area contributed by atoms with Crippen LogP contribution in [0, 0.1) is 0 Å². The van der Waals surface area contributed by atoms with E-state index in [2.05, 4.69) is 51.4 Å². The number of hydrogen-bond acceptors (Lipinski definition) is 3. The summed E-state index contributed by atoms with van der Waals surface area (Å²) in [5, 5.41) is 0. The number of aromatic nitrogens is 2. The molecule has 1 aromatic heterocycles. The first-order valence-electron chi connectivity index (χ1n) is 8.88. The first-order valence-corrected chi connectivity index (χ1v) is 8.88. The van der Waals surface area contributed by atoms with Crippen LogP contribution in [0.5, 0.6) is 0 Å². The summed E-state index contributed by atoms with van der Waals surface area (Å²) in [6, 6.07) is 8.18. The molecule has 4 heteroatoms. The van der Waals surface area contributed by atoms with Crippen LogP contribution in [0.1, 0.15) is 32.3 Å². The van der Waals surface area contributed by atoms with Gasteiger partial charge in [-0.3, -0.25) is 0 Å². The molecule has 2 aliphatic heterocycles. The average Bonchev–Trinajstić information content (AvgIpc) is 3.21. The summed E-state index contributed by atoms with van der Waals surface area (Å²) in [5.74, 6) is 0.